The maximum atomic E-state index is 9.68. The normalized spacial score (nSPS) is 20.8. The maximum absolute atomic E-state index is 9.68. The number of hydrogen-bond donors (Lipinski definition) is 2. The topological polar surface area (TPSA) is 71.2 Å². The van der Waals surface area contributed by atoms with E-state index < -0.39 is 0 Å². The van der Waals surface area contributed by atoms with E-state index in [0.29, 0.717) is 16.8 Å². The maximum Gasteiger partial charge on any atom is 0.232 e. The molecule has 0 radical (unpaired) electrons. The van der Waals surface area contributed by atoms with E-state index in [9.17, 15) is 5.11 Å². The number of aliphatic hydroxyl groups excluding tert-OH is 1. The Morgan fingerprint density at radius 1 is 1.12 bits per heavy atom. The van der Waals surface area contributed by atoms with Crippen molar-refractivity contribution in [1.82, 2.24) is 9.97 Å². The first-order chi connectivity index (χ1) is 12.1. The summed E-state index contributed by atoms with van der Waals surface area (Å²) in [5.41, 5.74) is 2.55. The van der Waals surface area contributed by atoms with Crippen LogP contribution in [0, 0.1) is 6.92 Å². The van der Waals surface area contributed by atoms with Gasteiger partial charge >= 0.3 is 0 Å². The molecule has 1 saturated carbocycles. The Balaban J connectivity index is 1.70. The summed E-state index contributed by atoms with van der Waals surface area (Å²) in [6.07, 6.45) is 4.88. The first-order valence-corrected chi connectivity index (χ1v) is 8.94. The Morgan fingerprint density at radius 3 is 2.56 bits per heavy atom. The van der Waals surface area contributed by atoms with Crippen molar-refractivity contribution < 1.29 is 9.52 Å². The van der Waals surface area contributed by atoms with E-state index in [-0.39, 0.29) is 6.10 Å². The van der Waals surface area contributed by atoms with Gasteiger partial charge in [0.05, 0.1) is 11.5 Å². The first kappa shape index (κ1) is 16.4. The highest BCUT2D eigenvalue weighted by Crippen LogP contribution is 2.36. The lowest BCUT2D eigenvalue weighted by atomic mass is 9.93. The third kappa shape index (κ3) is 3.22. The Labute approximate surface area is 151 Å². The fraction of sp³-hybridized carbons (Fsp3) is 0.368. The van der Waals surface area contributed by atoms with E-state index in [4.69, 9.17) is 16.0 Å². The molecule has 0 spiro atoms. The van der Waals surface area contributed by atoms with Crippen molar-refractivity contribution in [2.45, 2.75) is 44.8 Å². The molecular weight excluding hydrogens is 338 g/mol. The zero-order valence-electron chi connectivity index (χ0n) is 14.0. The molecule has 130 valence electrons. The van der Waals surface area contributed by atoms with Crippen molar-refractivity contribution in [2.75, 3.05) is 5.32 Å². The highest BCUT2D eigenvalue weighted by atomic mass is 35.5. The van der Waals surface area contributed by atoms with Gasteiger partial charge in [0, 0.05) is 22.2 Å². The zero-order chi connectivity index (χ0) is 17.4. The van der Waals surface area contributed by atoms with Crippen molar-refractivity contribution in [3.63, 3.8) is 0 Å². The fourth-order valence-corrected chi connectivity index (χ4v) is 3.60. The number of benzene rings is 1. The van der Waals surface area contributed by atoms with Crippen LogP contribution >= 0.6 is 11.6 Å². The second-order valence-electron chi connectivity index (χ2n) is 6.62. The minimum Gasteiger partial charge on any atom is -0.437 e. The van der Waals surface area contributed by atoms with E-state index in [1.165, 1.54) is 6.33 Å². The number of rotatable bonds is 3. The monoisotopic (exact) mass is 357 g/mol. The van der Waals surface area contributed by atoms with Crippen LogP contribution in [0.25, 0.3) is 22.4 Å². The number of anilines is 1. The van der Waals surface area contributed by atoms with E-state index in [1.807, 2.05) is 31.2 Å². The summed E-state index contributed by atoms with van der Waals surface area (Å²) >= 11 is 5.98. The van der Waals surface area contributed by atoms with Crippen LogP contribution in [0.3, 0.4) is 0 Å². The molecule has 2 aromatic heterocycles. The van der Waals surface area contributed by atoms with Crippen LogP contribution in [0.1, 0.15) is 31.2 Å². The fourth-order valence-electron chi connectivity index (χ4n) is 3.47. The van der Waals surface area contributed by atoms with Gasteiger partial charge in [-0.05, 0) is 56.9 Å². The predicted molar refractivity (Wildman–Crippen MR) is 98.9 cm³/mol. The smallest absolute Gasteiger partial charge is 0.232 e. The Kier molecular flexibility index (Phi) is 4.36. The summed E-state index contributed by atoms with van der Waals surface area (Å²) in [6.45, 7) is 2.02. The van der Waals surface area contributed by atoms with Gasteiger partial charge in [-0.1, -0.05) is 11.6 Å². The molecule has 5 nitrogen and oxygen atoms in total. The summed E-state index contributed by atoms with van der Waals surface area (Å²) in [6, 6.07) is 7.89. The second-order valence-corrected chi connectivity index (χ2v) is 7.05. The van der Waals surface area contributed by atoms with Gasteiger partial charge in [-0.3, -0.25) is 0 Å². The quantitative estimate of drug-likeness (QED) is 0.718. The molecule has 0 amide bonds. The molecule has 2 heterocycles. The van der Waals surface area contributed by atoms with E-state index in [1.54, 1.807) is 0 Å². The molecule has 0 atom stereocenters. The summed E-state index contributed by atoms with van der Waals surface area (Å²) in [5.74, 6) is 1.59. The van der Waals surface area contributed by atoms with Crippen molar-refractivity contribution >= 4 is 28.5 Å². The predicted octanol–water partition coefficient (Wildman–Crippen LogP) is 4.57. The zero-order valence-corrected chi connectivity index (χ0v) is 14.8. The van der Waals surface area contributed by atoms with Gasteiger partial charge in [0.2, 0.25) is 5.71 Å². The standard InChI is InChI=1S/C19H20ClN3O2/c1-11-16-18(23-14-6-8-15(24)9-7-14)21-10-22-19(16)25-17(11)12-2-4-13(20)5-3-12/h2-5,10,14-15,24H,6-9H2,1H3,(H,21,22,23). The first-order valence-electron chi connectivity index (χ1n) is 8.56. The van der Waals surface area contributed by atoms with E-state index >= 15 is 0 Å². The van der Waals surface area contributed by atoms with E-state index in [2.05, 4.69) is 15.3 Å². The number of fused-ring (bicyclic) bond motifs is 1. The lowest BCUT2D eigenvalue weighted by Gasteiger charge is -2.26. The summed E-state index contributed by atoms with van der Waals surface area (Å²) in [5, 5.41) is 14.8. The van der Waals surface area contributed by atoms with Crippen LogP contribution in [0.2, 0.25) is 5.02 Å². The van der Waals surface area contributed by atoms with Crippen molar-refractivity contribution in [3.05, 3.63) is 41.2 Å². The van der Waals surface area contributed by atoms with Crippen molar-refractivity contribution in [3.8, 4) is 11.3 Å². The van der Waals surface area contributed by atoms with Gasteiger partial charge < -0.3 is 14.8 Å². The largest absolute Gasteiger partial charge is 0.437 e. The molecule has 2 N–H and O–H groups in total. The molecule has 0 unspecified atom stereocenters. The Hall–Kier alpha value is -2.11. The van der Waals surface area contributed by atoms with Gasteiger partial charge in [-0.25, -0.2) is 9.97 Å². The molecular formula is C19H20ClN3O2. The number of aromatic nitrogens is 2. The van der Waals surface area contributed by atoms with Gasteiger partial charge in [-0.15, -0.1) is 0 Å². The number of halogens is 1. The number of nitrogens with zero attached hydrogens (tertiary/aromatic N) is 2. The average molecular weight is 358 g/mol. The van der Waals surface area contributed by atoms with Crippen molar-refractivity contribution in [2.24, 2.45) is 0 Å². The minimum absolute atomic E-state index is 0.171. The van der Waals surface area contributed by atoms with Crippen LogP contribution in [-0.4, -0.2) is 27.2 Å². The molecule has 1 aliphatic rings. The minimum atomic E-state index is -0.171. The number of aryl methyl sites for hydroxylation is 1. The molecule has 3 aromatic rings. The van der Waals surface area contributed by atoms with Crippen LogP contribution in [0.5, 0.6) is 0 Å². The van der Waals surface area contributed by atoms with Crippen LogP contribution in [0.4, 0.5) is 5.82 Å². The average Bonchev–Trinajstić information content (AvgIpc) is 2.96. The molecule has 6 heteroatoms. The molecule has 4 rings (SSSR count). The molecule has 1 aliphatic carbocycles. The van der Waals surface area contributed by atoms with Crippen molar-refractivity contribution in [1.29, 1.82) is 0 Å². The highest BCUT2D eigenvalue weighted by molar-refractivity contribution is 6.30. The Morgan fingerprint density at radius 2 is 1.84 bits per heavy atom. The summed E-state index contributed by atoms with van der Waals surface area (Å²) < 4.78 is 6.00. The number of hydrogen-bond acceptors (Lipinski definition) is 5. The SMILES string of the molecule is Cc1c(-c2ccc(Cl)cc2)oc2ncnc(NC3CCC(O)CC3)c12. The number of nitrogens with one attached hydrogen (secondary N) is 1. The van der Waals surface area contributed by atoms with E-state index in [0.717, 1.165) is 53.8 Å². The lowest BCUT2D eigenvalue weighted by molar-refractivity contribution is 0.126. The van der Waals surface area contributed by atoms with Gasteiger partial charge in [-0.2, -0.15) is 0 Å². The molecule has 25 heavy (non-hydrogen) atoms. The third-order valence-corrected chi connectivity index (χ3v) is 5.12. The van der Waals surface area contributed by atoms with Gasteiger partial charge in [0.1, 0.15) is 17.9 Å². The lowest BCUT2D eigenvalue weighted by Crippen LogP contribution is -2.28. The second kappa shape index (κ2) is 6.65. The molecule has 1 fully saturated rings. The van der Waals surface area contributed by atoms with Crippen LogP contribution < -0.4 is 5.32 Å². The highest BCUT2D eigenvalue weighted by Gasteiger charge is 2.22. The third-order valence-electron chi connectivity index (χ3n) is 4.87. The molecule has 0 saturated heterocycles. The van der Waals surface area contributed by atoms with Crippen LogP contribution in [0.15, 0.2) is 35.0 Å². The van der Waals surface area contributed by atoms with Gasteiger partial charge in [0.25, 0.3) is 0 Å². The molecule has 0 aliphatic heterocycles. The number of aliphatic hydroxyl groups is 1. The molecule has 0 bridgehead atoms. The van der Waals surface area contributed by atoms with Gasteiger partial charge in [0.15, 0.2) is 0 Å². The summed E-state index contributed by atoms with van der Waals surface area (Å²) in [4.78, 5) is 8.72. The molecule has 1 aromatic carbocycles. The van der Waals surface area contributed by atoms with Crippen LogP contribution in [-0.2, 0) is 0 Å². The Bertz CT molecular complexity index is 884. The summed E-state index contributed by atoms with van der Waals surface area (Å²) in [7, 11) is 0. The number of furan rings is 1.